The van der Waals surface area contributed by atoms with Gasteiger partial charge < -0.3 is 15.2 Å². The zero-order chi connectivity index (χ0) is 16.7. The standard InChI is InChI=1S/C17H30N4O2.2ClH/c1-14-16(15(2)23-19-14)13-20-9-11-21(12-10-20)17(22)7-5-3-4-6-8-18;;/h3-13,18H2,1-2H3;2*1H. The monoisotopic (exact) mass is 394 g/mol. The number of hydrogen-bond acceptors (Lipinski definition) is 5. The fraction of sp³-hybridized carbons (Fsp3) is 0.765. The van der Waals surface area contributed by atoms with E-state index in [0.29, 0.717) is 12.3 Å². The van der Waals surface area contributed by atoms with Gasteiger partial charge in [0.1, 0.15) is 5.76 Å². The zero-order valence-electron chi connectivity index (χ0n) is 15.3. The maximum Gasteiger partial charge on any atom is 0.222 e. The van der Waals surface area contributed by atoms with Crippen molar-refractivity contribution in [3.8, 4) is 0 Å². The molecule has 25 heavy (non-hydrogen) atoms. The summed E-state index contributed by atoms with van der Waals surface area (Å²) in [4.78, 5) is 16.6. The summed E-state index contributed by atoms with van der Waals surface area (Å²) in [5.74, 6) is 1.20. The van der Waals surface area contributed by atoms with Crippen molar-refractivity contribution in [1.82, 2.24) is 15.0 Å². The predicted molar refractivity (Wildman–Crippen MR) is 104 cm³/mol. The van der Waals surface area contributed by atoms with E-state index in [9.17, 15) is 4.79 Å². The number of nitrogens with zero attached hydrogens (tertiary/aromatic N) is 3. The number of halogens is 2. The number of aromatic nitrogens is 1. The van der Waals surface area contributed by atoms with E-state index < -0.39 is 0 Å². The lowest BCUT2D eigenvalue weighted by Gasteiger charge is -2.34. The van der Waals surface area contributed by atoms with E-state index in [0.717, 1.165) is 76.4 Å². The predicted octanol–water partition coefficient (Wildman–Crippen LogP) is 2.69. The van der Waals surface area contributed by atoms with Crippen molar-refractivity contribution in [3.05, 3.63) is 17.0 Å². The quantitative estimate of drug-likeness (QED) is 0.685. The highest BCUT2D eigenvalue weighted by molar-refractivity contribution is 5.85. The first-order chi connectivity index (χ1) is 11.1. The molecule has 1 aliphatic rings. The Bertz CT molecular complexity index is 483. The van der Waals surface area contributed by atoms with Crippen LogP contribution < -0.4 is 5.73 Å². The average molecular weight is 395 g/mol. The van der Waals surface area contributed by atoms with Gasteiger partial charge in [-0.05, 0) is 33.2 Å². The molecule has 1 aromatic rings. The molecule has 8 heteroatoms. The van der Waals surface area contributed by atoms with Gasteiger partial charge in [-0.2, -0.15) is 0 Å². The number of unbranched alkanes of at least 4 members (excludes halogenated alkanes) is 3. The molecule has 1 amide bonds. The minimum absolute atomic E-state index is 0. The van der Waals surface area contributed by atoms with Gasteiger partial charge in [0.2, 0.25) is 5.91 Å². The van der Waals surface area contributed by atoms with Gasteiger partial charge in [0.05, 0.1) is 5.69 Å². The average Bonchev–Trinajstić information content (AvgIpc) is 2.87. The van der Waals surface area contributed by atoms with Crippen LogP contribution in [-0.2, 0) is 11.3 Å². The van der Waals surface area contributed by atoms with Crippen LogP contribution >= 0.6 is 24.8 Å². The first-order valence-electron chi connectivity index (χ1n) is 8.73. The summed E-state index contributed by atoms with van der Waals surface area (Å²) in [6.07, 6.45) is 4.96. The molecule has 0 bridgehead atoms. The van der Waals surface area contributed by atoms with Gasteiger partial charge in [-0.3, -0.25) is 9.69 Å². The maximum atomic E-state index is 12.2. The second-order valence-electron chi connectivity index (χ2n) is 6.41. The van der Waals surface area contributed by atoms with Crippen LogP contribution in [0.3, 0.4) is 0 Å². The molecule has 1 aromatic heterocycles. The SMILES string of the molecule is Cc1noc(C)c1CN1CCN(C(=O)CCCCCCN)CC1.Cl.Cl. The molecule has 1 aliphatic heterocycles. The summed E-state index contributed by atoms with van der Waals surface area (Å²) in [6.45, 7) is 9.04. The molecular weight excluding hydrogens is 363 g/mol. The third-order valence-corrected chi connectivity index (χ3v) is 4.63. The maximum absolute atomic E-state index is 12.2. The van der Waals surface area contributed by atoms with Crippen molar-refractivity contribution < 1.29 is 9.32 Å². The van der Waals surface area contributed by atoms with E-state index in [1.165, 1.54) is 5.56 Å². The first kappa shape index (κ1) is 24.2. The smallest absolute Gasteiger partial charge is 0.222 e. The number of carbonyl (C=O) groups excluding carboxylic acids is 1. The Morgan fingerprint density at radius 3 is 2.28 bits per heavy atom. The molecule has 0 spiro atoms. The molecule has 0 atom stereocenters. The van der Waals surface area contributed by atoms with Gasteiger partial charge in [-0.1, -0.05) is 18.0 Å². The molecule has 6 nitrogen and oxygen atoms in total. The highest BCUT2D eigenvalue weighted by Crippen LogP contribution is 2.16. The molecule has 0 radical (unpaired) electrons. The number of aryl methyl sites for hydroxylation is 2. The number of carbonyl (C=O) groups is 1. The third kappa shape index (κ3) is 7.52. The molecule has 1 fully saturated rings. The van der Waals surface area contributed by atoms with Crippen molar-refractivity contribution >= 4 is 30.7 Å². The zero-order valence-corrected chi connectivity index (χ0v) is 17.0. The van der Waals surface area contributed by atoms with Crippen molar-refractivity contribution in [1.29, 1.82) is 0 Å². The van der Waals surface area contributed by atoms with Crippen LogP contribution in [0.15, 0.2) is 4.52 Å². The van der Waals surface area contributed by atoms with E-state index in [1.807, 2.05) is 18.7 Å². The van der Waals surface area contributed by atoms with Crippen LogP contribution in [-0.4, -0.2) is 53.6 Å². The van der Waals surface area contributed by atoms with E-state index >= 15 is 0 Å². The summed E-state index contributed by atoms with van der Waals surface area (Å²) < 4.78 is 5.22. The van der Waals surface area contributed by atoms with E-state index in [4.69, 9.17) is 10.3 Å². The largest absolute Gasteiger partial charge is 0.361 e. The van der Waals surface area contributed by atoms with Gasteiger partial charge in [-0.15, -0.1) is 24.8 Å². The molecule has 0 aromatic carbocycles. The van der Waals surface area contributed by atoms with Crippen LogP contribution in [0.4, 0.5) is 0 Å². The highest BCUT2D eigenvalue weighted by atomic mass is 35.5. The Morgan fingerprint density at radius 2 is 1.72 bits per heavy atom. The topological polar surface area (TPSA) is 75.6 Å². The third-order valence-electron chi connectivity index (χ3n) is 4.63. The molecule has 2 heterocycles. The van der Waals surface area contributed by atoms with Crippen LogP contribution in [0.5, 0.6) is 0 Å². The van der Waals surface area contributed by atoms with Crippen LogP contribution in [0.1, 0.15) is 49.1 Å². The normalized spacial score (nSPS) is 14.8. The Kier molecular flexibility index (Phi) is 12.1. The number of hydrogen-bond donors (Lipinski definition) is 1. The Hall–Kier alpha value is -0.820. The van der Waals surface area contributed by atoms with Crippen molar-refractivity contribution in [2.45, 2.75) is 52.5 Å². The van der Waals surface area contributed by atoms with Crippen molar-refractivity contribution in [2.75, 3.05) is 32.7 Å². The second kappa shape index (κ2) is 12.5. The number of nitrogens with two attached hydrogens (primary N) is 1. The first-order valence-corrected chi connectivity index (χ1v) is 8.73. The van der Waals surface area contributed by atoms with Crippen LogP contribution in [0.25, 0.3) is 0 Å². The van der Waals surface area contributed by atoms with Gasteiger partial charge in [0, 0.05) is 44.7 Å². The summed E-state index contributed by atoms with van der Waals surface area (Å²) in [5.41, 5.74) is 7.63. The number of piperazine rings is 1. The van der Waals surface area contributed by atoms with Crippen LogP contribution in [0.2, 0.25) is 0 Å². The number of amides is 1. The highest BCUT2D eigenvalue weighted by Gasteiger charge is 2.22. The number of rotatable bonds is 8. The van der Waals surface area contributed by atoms with Crippen molar-refractivity contribution in [2.24, 2.45) is 5.73 Å². The Morgan fingerprint density at radius 1 is 1.08 bits per heavy atom. The lowest BCUT2D eigenvalue weighted by atomic mass is 10.1. The Balaban J connectivity index is 0.00000288. The molecule has 0 saturated carbocycles. The van der Waals surface area contributed by atoms with Crippen molar-refractivity contribution in [3.63, 3.8) is 0 Å². The van der Waals surface area contributed by atoms with Gasteiger partial charge in [0.25, 0.3) is 0 Å². The molecule has 146 valence electrons. The lowest BCUT2D eigenvalue weighted by Crippen LogP contribution is -2.48. The summed E-state index contributed by atoms with van der Waals surface area (Å²) >= 11 is 0. The minimum atomic E-state index is 0. The van der Waals surface area contributed by atoms with E-state index in [1.54, 1.807) is 0 Å². The molecule has 0 aliphatic carbocycles. The molecule has 2 rings (SSSR count). The fourth-order valence-corrected chi connectivity index (χ4v) is 3.04. The molecular formula is C17H32Cl2N4O2. The summed E-state index contributed by atoms with van der Waals surface area (Å²) in [6, 6.07) is 0. The molecule has 1 saturated heterocycles. The van der Waals surface area contributed by atoms with E-state index in [2.05, 4.69) is 10.1 Å². The fourth-order valence-electron chi connectivity index (χ4n) is 3.04. The summed E-state index contributed by atoms with van der Waals surface area (Å²) in [7, 11) is 0. The molecule has 2 N–H and O–H groups in total. The second-order valence-corrected chi connectivity index (χ2v) is 6.41. The Labute approximate surface area is 163 Å². The van der Waals surface area contributed by atoms with Crippen LogP contribution in [0, 0.1) is 13.8 Å². The lowest BCUT2D eigenvalue weighted by molar-refractivity contribution is -0.133. The van der Waals surface area contributed by atoms with Gasteiger partial charge >= 0.3 is 0 Å². The summed E-state index contributed by atoms with van der Waals surface area (Å²) in [5, 5.41) is 4.01. The van der Waals surface area contributed by atoms with Gasteiger partial charge in [0.15, 0.2) is 0 Å². The van der Waals surface area contributed by atoms with E-state index in [-0.39, 0.29) is 24.8 Å². The molecule has 0 unspecified atom stereocenters. The van der Waals surface area contributed by atoms with Gasteiger partial charge in [-0.25, -0.2) is 0 Å². The minimum Gasteiger partial charge on any atom is -0.361 e.